The number of amides is 3. The average Bonchev–Trinajstić information content (AvgIpc) is 3.41. The van der Waals surface area contributed by atoms with Gasteiger partial charge >= 0.3 is 5.97 Å². The number of nitrogens with one attached hydrogen (secondary N) is 1. The van der Waals surface area contributed by atoms with Gasteiger partial charge in [0.25, 0.3) is 0 Å². The van der Waals surface area contributed by atoms with E-state index in [4.69, 9.17) is 17.2 Å². The molecule has 0 aromatic carbocycles. The molecule has 0 radical (unpaired) electrons. The maximum atomic E-state index is 13.1. The number of nitrogens with two attached hydrogens (primary N) is 3. The van der Waals surface area contributed by atoms with Gasteiger partial charge in [-0.1, -0.05) is 13.8 Å². The number of piperidine rings is 1. The van der Waals surface area contributed by atoms with E-state index in [9.17, 15) is 29.1 Å². The number of likely N-dealkylation sites (tertiary alicyclic amines) is 1. The zero-order valence-electron chi connectivity index (χ0n) is 21.9. The summed E-state index contributed by atoms with van der Waals surface area (Å²) in [7, 11) is 0. The number of thioether (sulfide) groups is 1. The van der Waals surface area contributed by atoms with Gasteiger partial charge in [-0.25, -0.2) is 4.79 Å². The van der Waals surface area contributed by atoms with Gasteiger partial charge in [0, 0.05) is 48.5 Å². The van der Waals surface area contributed by atoms with Crippen molar-refractivity contribution in [2.45, 2.75) is 68.8 Å². The fourth-order valence-electron chi connectivity index (χ4n) is 6.27. The molecule has 4 aliphatic heterocycles. The number of nitrogens with zero attached hydrogens (tertiary/aromatic N) is 2. The number of ketones is 1. The highest BCUT2D eigenvalue weighted by atomic mass is 32.2. The molecule has 0 spiro atoms. The lowest BCUT2D eigenvalue weighted by Gasteiger charge is -2.47. The molecule has 8 N–H and O–H groups in total. The molecular formula is C25H38N6O6S. The summed E-state index contributed by atoms with van der Waals surface area (Å²) in [4.78, 5) is 65.9. The van der Waals surface area contributed by atoms with E-state index in [0.717, 1.165) is 0 Å². The van der Waals surface area contributed by atoms with Crippen LogP contribution >= 0.6 is 11.8 Å². The SMILES string of the molecule is C[C@@H](CC(=O)CCN)[C@H]1C(=O)N2C(C(=O)O)=C(SC3CNC(C(=O)N4CCC(N)(C(N)=O)CC4)C3)[C@H](C)[C@@H]12. The molecule has 4 aliphatic rings. The Hall–Kier alpha value is -2.48. The van der Waals surface area contributed by atoms with E-state index in [0.29, 0.717) is 43.8 Å². The van der Waals surface area contributed by atoms with E-state index in [1.807, 2.05) is 13.8 Å². The van der Waals surface area contributed by atoms with E-state index in [1.54, 1.807) is 4.90 Å². The molecule has 38 heavy (non-hydrogen) atoms. The number of rotatable bonds is 10. The Morgan fingerprint density at radius 1 is 1.24 bits per heavy atom. The Bertz CT molecular complexity index is 1060. The summed E-state index contributed by atoms with van der Waals surface area (Å²) in [6.45, 7) is 5.28. The Labute approximate surface area is 226 Å². The van der Waals surface area contributed by atoms with E-state index in [2.05, 4.69) is 5.32 Å². The lowest BCUT2D eigenvalue weighted by Crippen LogP contribution is -2.62. The number of aliphatic carboxylic acids is 1. The summed E-state index contributed by atoms with van der Waals surface area (Å²) in [5.41, 5.74) is 15.9. The number of fused-ring (bicyclic) bond motifs is 1. The average molecular weight is 551 g/mol. The second kappa shape index (κ2) is 10.9. The van der Waals surface area contributed by atoms with Gasteiger partial charge in [-0.2, -0.15) is 0 Å². The quantitative estimate of drug-likeness (QED) is 0.209. The van der Waals surface area contributed by atoms with Crippen molar-refractivity contribution in [1.29, 1.82) is 0 Å². The van der Waals surface area contributed by atoms with E-state index >= 15 is 0 Å². The molecule has 0 aliphatic carbocycles. The molecule has 12 nitrogen and oxygen atoms in total. The van der Waals surface area contributed by atoms with Crippen LogP contribution in [0.2, 0.25) is 0 Å². The first-order valence-corrected chi connectivity index (χ1v) is 14.1. The molecule has 3 saturated heterocycles. The van der Waals surface area contributed by atoms with Crippen LogP contribution in [-0.4, -0.2) is 93.4 Å². The summed E-state index contributed by atoms with van der Waals surface area (Å²) in [6.07, 6.45) is 1.65. The van der Waals surface area contributed by atoms with Gasteiger partial charge < -0.3 is 37.4 Å². The number of Topliss-reactive ketones (excluding diaryl/α,β-unsaturated/α-hetero) is 1. The molecule has 4 heterocycles. The standard InChI is InChI=1S/C25H38N6O6S/c1-12(9-14(32)3-6-26)17-18-13(2)20(19(23(35)36)31(18)22(17)34)38-15-10-16(29-11-15)21(33)30-7-4-25(28,5-8-30)24(27)37/h12-13,15-18,29H,3-11,26,28H2,1-2H3,(H2,27,37)(H,35,36)/t12-,13+,15?,16?,17+,18-/m0/s1. The van der Waals surface area contributed by atoms with Crippen LogP contribution in [0.4, 0.5) is 0 Å². The summed E-state index contributed by atoms with van der Waals surface area (Å²) in [6, 6.07) is -0.712. The number of carbonyl (C=O) groups excluding carboxylic acids is 4. The molecule has 6 atom stereocenters. The molecule has 210 valence electrons. The highest BCUT2D eigenvalue weighted by molar-refractivity contribution is 8.03. The molecule has 2 unspecified atom stereocenters. The molecule has 3 fully saturated rings. The van der Waals surface area contributed by atoms with Crippen molar-refractivity contribution in [3.8, 4) is 0 Å². The second-order valence-electron chi connectivity index (χ2n) is 11.1. The van der Waals surface area contributed by atoms with Crippen molar-refractivity contribution in [3.63, 3.8) is 0 Å². The number of carboxylic acids is 1. The molecule has 0 saturated carbocycles. The first-order chi connectivity index (χ1) is 17.9. The Morgan fingerprint density at radius 2 is 1.89 bits per heavy atom. The van der Waals surface area contributed by atoms with Crippen molar-refractivity contribution in [2.24, 2.45) is 35.0 Å². The van der Waals surface area contributed by atoms with Gasteiger partial charge in [0.15, 0.2) is 0 Å². The minimum absolute atomic E-state index is 0.00568. The van der Waals surface area contributed by atoms with Crippen LogP contribution in [-0.2, 0) is 24.0 Å². The minimum atomic E-state index is -1.15. The van der Waals surface area contributed by atoms with Gasteiger partial charge in [-0.05, 0) is 31.7 Å². The zero-order chi connectivity index (χ0) is 27.9. The molecule has 0 bridgehead atoms. The number of carboxylic acid groups (broad SMARTS) is 1. The topological polar surface area (TPSA) is 202 Å². The smallest absolute Gasteiger partial charge is 0.353 e. The molecule has 3 amide bonds. The predicted molar refractivity (Wildman–Crippen MR) is 140 cm³/mol. The maximum absolute atomic E-state index is 13.1. The van der Waals surface area contributed by atoms with E-state index < -0.39 is 29.4 Å². The molecular weight excluding hydrogens is 512 g/mol. The number of hydrogen-bond donors (Lipinski definition) is 5. The van der Waals surface area contributed by atoms with Gasteiger partial charge in [0.05, 0.1) is 23.5 Å². The van der Waals surface area contributed by atoms with Crippen molar-refractivity contribution < 1.29 is 29.1 Å². The predicted octanol–water partition coefficient (Wildman–Crippen LogP) is -1.03. The van der Waals surface area contributed by atoms with Crippen molar-refractivity contribution in [1.82, 2.24) is 15.1 Å². The Balaban J connectivity index is 1.39. The van der Waals surface area contributed by atoms with Crippen LogP contribution in [0.15, 0.2) is 10.6 Å². The van der Waals surface area contributed by atoms with Crippen LogP contribution in [0.3, 0.4) is 0 Å². The van der Waals surface area contributed by atoms with E-state index in [-0.39, 0.29) is 65.8 Å². The summed E-state index contributed by atoms with van der Waals surface area (Å²) < 4.78 is 0. The Morgan fingerprint density at radius 3 is 2.47 bits per heavy atom. The van der Waals surface area contributed by atoms with Crippen molar-refractivity contribution in [2.75, 3.05) is 26.2 Å². The number of β-lactam (4-membered cyclic amide) rings is 1. The van der Waals surface area contributed by atoms with Gasteiger partial charge in [0.2, 0.25) is 17.7 Å². The minimum Gasteiger partial charge on any atom is -0.477 e. The summed E-state index contributed by atoms with van der Waals surface area (Å²) in [5.74, 6) is -2.83. The van der Waals surface area contributed by atoms with Crippen molar-refractivity contribution >= 4 is 41.2 Å². The summed E-state index contributed by atoms with van der Waals surface area (Å²) >= 11 is 1.42. The monoisotopic (exact) mass is 550 g/mol. The van der Waals surface area contributed by atoms with E-state index in [1.165, 1.54) is 16.7 Å². The van der Waals surface area contributed by atoms with Crippen LogP contribution < -0.4 is 22.5 Å². The van der Waals surface area contributed by atoms with Gasteiger partial charge in [-0.3, -0.25) is 19.2 Å². The number of hydrogen-bond acceptors (Lipinski definition) is 9. The van der Waals surface area contributed by atoms with Crippen LogP contribution in [0, 0.1) is 17.8 Å². The van der Waals surface area contributed by atoms with Gasteiger partial charge in [-0.15, -0.1) is 11.8 Å². The first kappa shape index (κ1) is 28.5. The highest BCUT2D eigenvalue weighted by Crippen LogP contribution is 2.53. The fourth-order valence-corrected chi connectivity index (χ4v) is 7.75. The first-order valence-electron chi connectivity index (χ1n) is 13.2. The molecule has 0 aromatic heterocycles. The fraction of sp³-hybridized carbons (Fsp3) is 0.720. The molecule has 0 aromatic rings. The number of primary amides is 1. The lowest BCUT2D eigenvalue weighted by molar-refractivity contribution is -0.160. The van der Waals surface area contributed by atoms with Crippen LogP contribution in [0.5, 0.6) is 0 Å². The van der Waals surface area contributed by atoms with Crippen LogP contribution in [0.1, 0.15) is 46.0 Å². The molecule has 4 rings (SSSR count). The second-order valence-corrected chi connectivity index (χ2v) is 12.4. The van der Waals surface area contributed by atoms with Crippen LogP contribution in [0.25, 0.3) is 0 Å². The third kappa shape index (κ3) is 5.08. The maximum Gasteiger partial charge on any atom is 0.353 e. The Kier molecular flexibility index (Phi) is 8.22. The van der Waals surface area contributed by atoms with Crippen molar-refractivity contribution in [3.05, 3.63) is 10.6 Å². The number of carbonyl (C=O) groups is 5. The van der Waals surface area contributed by atoms with Gasteiger partial charge in [0.1, 0.15) is 11.5 Å². The third-order valence-electron chi connectivity index (χ3n) is 8.52. The summed E-state index contributed by atoms with van der Waals surface area (Å²) in [5, 5.41) is 13.2. The lowest BCUT2D eigenvalue weighted by atomic mass is 9.73. The normalized spacial score (nSPS) is 31.2. The largest absolute Gasteiger partial charge is 0.477 e. The highest BCUT2D eigenvalue weighted by Gasteiger charge is 2.60. The zero-order valence-corrected chi connectivity index (χ0v) is 22.7. The molecule has 13 heteroatoms. The third-order valence-corrected chi connectivity index (χ3v) is 10.0.